The van der Waals surface area contributed by atoms with Crippen LogP contribution in [-0.2, 0) is 16.4 Å². The van der Waals surface area contributed by atoms with Crippen molar-refractivity contribution in [3.63, 3.8) is 0 Å². The molecule has 0 aliphatic carbocycles. The summed E-state index contributed by atoms with van der Waals surface area (Å²) in [5, 5.41) is 0. The number of hydrogen-bond donors (Lipinski definition) is 1. The van der Waals surface area contributed by atoms with Gasteiger partial charge in [-0.2, -0.15) is 0 Å². The van der Waals surface area contributed by atoms with Crippen LogP contribution in [0.2, 0.25) is 0 Å². The molecule has 4 nitrogen and oxygen atoms in total. The number of nitrogens with one attached hydrogen (secondary N) is 1. The molecule has 0 heterocycles. The highest BCUT2D eigenvalue weighted by Crippen LogP contribution is 2.14. The zero-order chi connectivity index (χ0) is 20.2. The van der Waals surface area contributed by atoms with E-state index >= 15 is 0 Å². The van der Waals surface area contributed by atoms with E-state index < -0.39 is 10.0 Å². The maximum absolute atomic E-state index is 11.3. The van der Waals surface area contributed by atoms with Gasteiger partial charge in [0.2, 0.25) is 10.0 Å². The monoisotopic (exact) mass is 430 g/mol. The molecule has 28 heavy (non-hydrogen) atoms. The first-order chi connectivity index (χ1) is 12.8. The zero-order valence-corrected chi connectivity index (χ0v) is 19.7. The van der Waals surface area contributed by atoms with Crippen LogP contribution in [0.25, 0.3) is 0 Å². The minimum Gasteiger partial charge on any atom is -1.00 e. The number of benzene rings is 1. The van der Waals surface area contributed by atoms with Crippen molar-refractivity contribution in [1.29, 1.82) is 0 Å². The first-order valence-electron chi connectivity index (χ1n) is 10.4. The molecule has 0 saturated carbocycles. The normalized spacial score (nSPS) is 12.1. The Morgan fingerprint density at radius 2 is 1.54 bits per heavy atom. The van der Waals surface area contributed by atoms with Crippen molar-refractivity contribution in [2.45, 2.75) is 59.3 Å². The van der Waals surface area contributed by atoms with E-state index in [2.05, 4.69) is 37.6 Å². The van der Waals surface area contributed by atoms with Crippen molar-refractivity contribution in [1.82, 2.24) is 0 Å². The summed E-state index contributed by atoms with van der Waals surface area (Å²) < 4.78 is 26.2. The number of allylic oxidation sites excluding steroid dienone is 1. The molecule has 162 valence electrons. The summed E-state index contributed by atoms with van der Waals surface area (Å²) in [6.07, 6.45) is 13.3. The van der Waals surface area contributed by atoms with Gasteiger partial charge in [-0.15, -0.1) is 0 Å². The molecule has 1 aromatic carbocycles. The molecule has 6 heteroatoms. The van der Waals surface area contributed by atoms with E-state index in [0.29, 0.717) is 5.69 Å². The average Bonchev–Trinajstić information content (AvgIpc) is 2.63. The second-order valence-electron chi connectivity index (χ2n) is 7.54. The molecule has 1 aromatic rings. The first kappa shape index (κ1) is 27.0. The van der Waals surface area contributed by atoms with Gasteiger partial charge < -0.3 is 16.9 Å². The smallest absolute Gasteiger partial charge is 0.229 e. The standard InChI is InChI=1S/C22H39N2O2S.ClH/c1-5-8-9-10-12-19-24(6-2,7-3)20-13-11-14-21-15-17-22(18-16-21)23-27(4,25)26;/h11,13,15-18,23H,5-10,12,14,19-20H2,1-4H3;1H/q+1;/p-1. The van der Waals surface area contributed by atoms with E-state index in [1.807, 2.05) is 24.3 Å². The van der Waals surface area contributed by atoms with Gasteiger partial charge in [0, 0.05) is 5.69 Å². The second-order valence-corrected chi connectivity index (χ2v) is 9.29. The Kier molecular flexibility index (Phi) is 13.5. The highest BCUT2D eigenvalue weighted by atomic mass is 35.5. The van der Waals surface area contributed by atoms with Crippen molar-refractivity contribution in [2.24, 2.45) is 0 Å². The lowest BCUT2D eigenvalue weighted by atomic mass is 10.1. The molecular weight excluding hydrogens is 392 g/mol. The lowest BCUT2D eigenvalue weighted by molar-refractivity contribution is -0.919. The van der Waals surface area contributed by atoms with Crippen molar-refractivity contribution < 1.29 is 25.3 Å². The van der Waals surface area contributed by atoms with Gasteiger partial charge in [0.05, 0.1) is 32.4 Å². The zero-order valence-electron chi connectivity index (χ0n) is 18.1. The Balaban J connectivity index is 0.00000729. The van der Waals surface area contributed by atoms with Crippen LogP contribution < -0.4 is 17.1 Å². The number of sulfonamides is 1. The van der Waals surface area contributed by atoms with Gasteiger partial charge in [-0.1, -0.05) is 44.4 Å². The quantitative estimate of drug-likeness (QED) is 0.279. The molecule has 0 fully saturated rings. The van der Waals surface area contributed by atoms with Crippen LogP contribution in [-0.4, -0.2) is 45.3 Å². The second kappa shape index (κ2) is 14.0. The van der Waals surface area contributed by atoms with Crippen LogP contribution in [0.4, 0.5) is 5.69 Å². The van der Waals surface area contributed by atoms with Crippen molar-refractivity contribution >= 4 is 15.7 Å². The van der Waals surface area contributed by atoms with Crippen LogP contribution in [0.15, 0.2) is 36.4 Å². The van der Waals surface area contributed by atoms with E-state index in [-0.39, 0.29) is 12.4 Å². The lowest BCUT2D eigenvalue weighted by Gasteiger charge is -2.36. The van der Waals surface area contributed by atoms with E-state index in [9.17, 15) is 8.42 Å². The SMILES string of the molecule is CCCCCCC[N+](CC)(CC)CC=CCc1ccc(NS(C)(=O)=O)cc1.[Cl-]. The number of nitrogens with zero attached hydrogens (tertiary/aromatic N) is 1. The molecule has 0 bridgehead atoms. The summed E-state index contributed by atoms with van der Waals surface area (Å²) in [4.78, 5) is 0. The molecule has 0 aliphatic heterocycles. The molecule has 0 aliphatic rings. The topological polar surface area (TPSA) is 46.2 Å². The molecule has 0 radical (unpaired) electrons. The molecule has 0 spiro atoms. The fraction of sp³-hybridized carbons (Fsp3) is 0.636. The predicted octanol–water partition coefficient (Wildman–Crippen LogP) is 1.99. The third kappa shape index (κ3) is 11.1. The highest BCUT2D eigenvalue weighted by Gasteiger charge is 2.20. The minimum absolute atomic E-state index is 0. The maximum atomic E-state index is 11.3. The van der Waals surface area contributed by atoms with Crippen LogP contribution in [0.3, 0.4) is 0 Å². The van der Waals surface area contributed by atoms with E-state index in [0.717, 1.165) is 13.0 Å². The number of likely N-dealkylation sites (N-methyl/N-ethyl adjacent to an activating group) is 1. The van der Waals surface area contributed by atoms with Crippen molar-refractivity contribution in [3.8, 4) is 0 Å². The first-order valence-corrected chi connectivity index (χ1v) is 12.3. The number of halogens is 1. The van der Waals surface area contributed by atoms with E-state index in [1.54, 1.807) is 0 Å². The Morgan fingerprint density at radius 3 is 2.07 bits per heavy atom. The van der Waals surface area contributed by atoms with Crippen molar-refractivity contribution in [2.75, 3.05) is 37.2 Å². The summed E-state index contributed by atoms with van der Waals surface area (Å²) in [5.74, 6) is 0. The fourth-order valence-electron chi connectivity index (χ4n) is 3.38. The predicted molar refractivity (Wildman–Crippen MR) is 118 cm³/mol. The largest absolute Gasteiger partial charge is 1.00 e. The molecular formula is C22H39ClN2O2S. The van der Waals surface area contributed by atoms with E-state index in [4.69, 9.17) is 0 Å². The molecule has 0 aromatic heterocycles. The number of hydrogen-bond acceptors (Lipinski definition) is 2. The Labute approximate surface area is 179 Å². The Hall–Kier alpha value is -1.04. The lowest BCUT2D eigenvalue weighted by Crippen LogP contribution is -3.00. The van der Waals surface area contributed by atoms with Crippen LogP contribution in [0.5, 0.6) is 0 Å². The third-order valence-electron chi connectivity index (χ3n) is 5.35. The Bertz CT molecular complexity index is 654. The maximum Gasteiger partial charge on any atom is 0.229 e. The summed E-state index contributed by atoms with van der Waals surface area (Å²) in [5.41, 5.74) is 1.80. The highest BCUT2D eigenvalue weighted by molar-refractivity contribution is 7.92. The van der Waals surface area contributed by atoms with Gasteiger partial charge >= 0.3 is 0 Å². The summed E-state index contributed by atoms with van der Waals surface area (Å²) in [7, 11) is -3.21. The number of rotatable bonds is 14. The molecule has 0 unspecified atom stereocenters. The molecule has 0 amide bonds. The fourth-order valence-corrected chi connectivity index (χ4v) is 3.94. The molecule has 0 atom stereocenters. The molecule has 1 rings (SSSR count). The number of unbranched alkanes of at least 4 members (excludes halogenated alkanes) is 4. The van der Waals surface area contributed by atoms with Gasteiger partial charge in [-0.3, -0.25) is 4.72 Å². The van der Waals surface area contributed by atoms with Crippen LogP contribution in [0, 0.1) is 0 Å². The van der Waals surface area contributed by atoms with Crippen LogP contribution >= 0.6 is 0 Å². The summed E-state index contributed by atoms with van der Waals surface area (Å²) in [6, 6.07) is 7.60. The van der Waals surface area contributed by atoms with E-state index in [1.165, 1.54) is 68.0 Å². The Morgan fingerprint density at radius 1 is 0.929 bits per heavy atom. The van der Waals surface area contributed by atoms with Gasteiger partial charge in [-0.25, -0.2) is 8.42 Å². The van der Waals surface area contributed by atoms with Gasteiger partial charge in [0.25, 0.3) is 0 Å². The number of anilines is 1. The van der Waals surface area contributed by atoms with Crippen LogP contribution in [0.1, 0.15) is 58.4 Å². The van der Waals surface area contributed by atoms with Gasteiger partial charge in [-0.05, 0) is 56.9 Å². The summed E-state index contributed by atoms with van der Waals surface area (Å²) >= 11 is 0. The van der Waals surface area contributed by atoms with Gasteiger partial charge in [0.1, 0.15) is 0 Å². The average molecular weight is 431 g/mol. The van der Waals surface area contributed by atoms with Gasteiger partial charge in [0.15, 0.2) is 0 Å². The molecule has 1 N–H and O–H groups in total. The number of quaternary nitrogens is 1. The molecule has 0 saturated heterocycles. The van der Waals surface area contributed by atoms with Crippen molar-refractivity contribution in [3.05, 3.63) is 42.0 Å². The minimum atomic E-state index is -3.21. The summed E-state index contributed by atoms with van der Waals surface area (Å²) in [6.45, 7) is 11.6. The third-order valence-corrected chi connectivity index (χ3v) is 5.95.